The standard InChI is InChI=1S/C27H22N3S/c1-17-15-16-21-26(31-18(2)28-21)25(17)27-29(3)23-12-6-7-13-24(23)30(27)22-14-8-10-19-9-4-5-11-20(19)22/h4-16H,1-3H3/q+1. The van der Waals surface area contributed by atoms with Crippen LogP contribution in [-0.4, -0.2) is 9.55 Å². The highest BCUT2D eigenvalue weighted by molar-refractivity contribution is 7.19. The van der Waals surface area contributed by atoms with Crippen LogP contribution in [0, 0.1) is 13.8 Å². The zero-order valence-corrected chi connectivity index (χ0v) is 18.6. The van der Waals surface area contributed by atoms with Gasteiger partial charge in [0.2, 0.25) is 0 Å². The lowest BCUT2D eigenvalue weighted by atomic mass is 10.1. The zero-order valence-electron chi connectivity index (χ0n) is 17.8. The van der Waals surface area contributed by atoms with Gasteiger partial charge in [0.15, 0.2) is 11.0 Å². The number of rotatable bonds is 2. The van der Waals surface area contributed by atoms with E-state index in [9.17, 15) is 0 Å². The first kappa shape index (κ1) is 18.3. The summed E-state index contributed by atoms with van der Waals surface area (Å²) >= 11 is 1.78. The van der Waals surface area contributed by atoms with Gasteiger partial charge >= 0.3 is 0 Å². The van der Waals surface area contributed by atoms with Crippen molar-refractivity contribution in [2.75, 3.05) is 0 Å². The monoisotopic (exact) mass is 420 g/mol. The minimum absolute atomic E-state index is 1.07. The Morgan fingerprint density at radius 3 is 2.52 bits per heavy atom. The molecule has 6 rings (SSSR count). The second kappa shape index (κ2) is 6.76. The highest BCUT2D eigenvalue weighted by Crippen LogP contribution is 2.38. The molecule has 150 valence electrons. The molecule has 0 spiro atoms. The molecule has 3 nitrogen and oxygen atoms in total. The molecule has 0 saturated carbocycles. The van der Waals surface area contributed by atoms with Crippen LogP contribution in [0.3, 0.4) is 0 Å². The van der Waals surface area contributed by atoms with Crippen LogP contribution < -0.4 is 4.57 Å². The summed E-state index contributed by atoms with van der Waals surface area (Å²) in [7, 11) is 2.17. The summed E-state index contributed by atoms with van der Waals surface area (Å²) in [5.41, 5.74) is 7.20. The van der Waals surface area contributed by atoms with Crippen LogP contribution in [0.15, 0.2) is 78.9 Å². The number of benzene rings is 4. The molecule has 0 aliphatic rings. The van der Waals surface area contributed by atoms with Crippen molar-refractivity contribution in [2.24, 2.45) is 7.05 Å². The Balaban J connectivity index is 1.83. The van der Waals surface area contributed by atoms with Crippen LogP contribution in [0.2, 0.25) is 0 Å². The van der Waals surface area contributed by atoms with Gasteiger partial charge in [0.25, 0.3) is 5.82 Å². The first-order chi connectivity index (χ1) is 15.1. The summed E-state index contributed by atoms with van der Waals surface area (Å²) in [6.07, 6.45) is 0. The average molecular weight is 421 g/mol. The maximum Gasteiger partial charge on any atom is 0.296 e. The predicted octanol–water partition coefficient (Wildman–Crippen LogP) is 6.50. The molecule has 0 fully saturated rings. The van der Waals surface area contributed by atoms with E-state index in [1.165, 1.54) is 49.1 Å². The second-order valence-corrected chi connectivity index (χ2v) is 9.25. The van der Waals surface area contributed by atoms with E-state index in [0.717, 1.165) is 10.5 Å². The van der Waals surface area contributed by atoms with Gasteiger partial charge < -0.3 is 0 Å². The second-order valence-electron chi connectivity index (χ2n) is 8.04. The predicted molar refractivity (Wildman–Crippen MR) is 130 cm³/mol. The molecule has 2 heterocycles. The molecule has 0 amide bonds. The van der Waals surface area contributed by atoms with Crippen molar-refractivity contribution in [3.63, 3.8) is 0 Å². The van der Waals surface area contributed by atoms with Crippen molar-refractivity contribution in [3.8, 4) is 17.1 Å². The van der Waals surface area contributed by atoms with Crippen molar-refractivity contribution >= 4 is 43.4 Å². The van der Waals surface area contributed by atoms with Gasteiger partial charge in [-0.1, -0.05) is 54.6 Å². The van der Waals surface area contributed by atoms with Crippen LogP contribution in [0.25, 0.3) is 49.1 Å². The van der Waals surface area contributed by atoms with E-state index in [1.54, 1.807) is 11.3 Å². The Kier molecular flexibility index (Phi) is 3.99. The minimum Gasteiger partial charge on any atom is -0.241 e. The third-order valence-electron chi connectivity index (χ3n) is 6.12. The van der Waals surface area contributed by atoms with Gasteiger partial charge in [-0.05, 0) is 49.1 Å². The molecule has 0 N–H and O–H groups in total. The molecule has 2 aromatic heterocycles. The van der Waals surface area contributed by atoms with E-state index in [2.05, 4.69) is 109 Å². The molecule has 4 aromatic carbocycles. The van der Waals surface area contributed by atoms with Crippen molar-refractivity contribution in [2.45, 2.75) is 13.8 Å². The normalized spacial score (nSPS) is 11.7. The molecule has 0 atom stereocenters. The number of aromatic nitrogens is 3. The third kappa shape index (κ3) is 2.65. The molecule has 0 aliphatic carbocycles. The Bertz CT molecular complexity index is 1620. The van der Waals surface area contributed by atoms with Crippen LogP contribution >= 0.6 is 11.3 Å². The van der Waals surface area contributed by atoms with Crippen LogP contribution in [0.1, 0.15) is 10.6 Å². The van der Waals surface area contributed by atoms with Crippen LogP contribution in [0.4, 0.5) is 0 Å². The molecule has 0 unspecified atom stereocenters. The number of para-hydroxylation sites is 2. The maximum absolute atomic E-state index is 4.78. The molecule has 31 heavy (non-hydrogen) atoms. The van der Waals surface area contributed by atoms with Crippen LogP contribution in [-0.2, 0) is 7.05 Å². The average Bonchev–Trinajstić information content (AvgIpc) is 3.30. The zero-order chi connectivity index (χ0) is 21.1. The van der Waals surface area contributed by atoms with E-state index in [1.807, 2.05) is 0 Å². The van der Waals surface area contributed by atoms with Gasteiger partial charge in [0, 0.05) is 5.39 Å². The number of hydrogen-bond acceptors (Lipinski definition) is 2. The minimum atomic E-state index is 1.07. The van der Waals surface area contributed by atoms with E-state index in [-0.39, 0.29) is 0 Å². The summed E-state index contributed by atoms with van der Waals surface area (Å²) in [5, 5.41) is 3.59. The number of aryl methyl sites for hydroxylation is 3. The highest BCUT2D eigenvalue weighted by Gasteiger charge is 2.30. The number of fused-ring (bicyclic) bond motifs is 3. The van der Waals surface area contributed by atoms with E-state index in [0.29, 0.717) is 0 Å². The lowest BCUT2D eigenvalue weighted by Gasteiger charge is -2.09. The van der Waals surface area contributed by atoms with Crippen molar-refractivity contribution in [1.82, 2.24) is 9.55 Å². The maximum atomic E-state index is 4.78. The Hall–Kier alpha value is -3.50. The molecular formula is C27H22N3S+. The number of thiazole rings is 1. The largest absolute Gasteiger partial charge is 0.296 e. The number of imidazole rings is 1. The number of nitrogens with zero attached hydrogens (tertiary/aromatic N) is 3. The summed E-state index contributed by atoms with van der Waals surface area (Å²) in [5.74, 6) is 1.18. The van der Waals surface area contributed by atoms with Crippen molar-refractivity contribution < 1.29 is 4.57 Å². The summed E-state index contributed by atoms with van der Waals surface area (Å²) in [4.78, 5) is 4.78. The molecule has 0 saturated heterocycles. The van der Waals surface area contributed by atoms with Gasteiger partial charge in [0.05, 0.1) is 27.8 Å². The molecule has 0 bridgehead atoms. The first-order valence-electron chi connectivity index (χ1n) is 10.5. The fourth-order valence-corrected chi connectivity index (χ4v) is 5.73. The van der Waals surface area contributed by atoms with Gasteiger partial charge in [-0.15, -0.1) is 11.3 Å². The van der Waals surface area contributed by atoms with E-state index in [4.69, 9.17) is 4.98 Å². The van der Waals surface area contributed by atoms with E-state index < -0.39 is 0 Å². The van der Waals surface area contributed by atoms with Crippen LogP contribution in [0.5, 0.6) is 0 Å². The number of hydrogen-bond donors (Lipinski definition) is 0. The Labute approximate surface area is 184 Å². The summed E-state index contributed by atoms with van der Waals surface area (Å²) in [6.45, 7) is 4.29. The fraction of sp³-hybridized carbons (Fsp3) is 0.111. The van der Waals surface area contributed by atoms with Gasteiger partial charge in [-0.2, -0.15) is 4.57 Å². The van der Waals surface area contributed by atoms with Crippen molar-refractivity contribution in [3.05, 3.63) is 89.4 Å². The molecule has 0 aliphatic heterocycles. The highest BCUT2D eigenvalue weighted by atomic mass is 32.1. The Morgan fingerprint density at radius 2 is 1.61 bits per heavy atom. The summed E-state index contributed by atoms with van der Waals surface area (Å²) < 4.78 is 6.00. The van der Waals surface area contributed by atoms with Gasteiger partial charge in [0.1, 0.15) is 5.69 Å². The molecule has 6 aromatic rings. The lowest BCUT2D eigenvalue weighted by molar-refractivity contribution is -0.633. The topological polar surface area (TPSA) is 21.7 Å². The first-order valence-corrected chi connectivity index (χ1v) is 11.3. The SMILES string of the molecule is Cc1nc2ccc(C)c(-c3n(-c4cccc5ccccc45)c4ccccc4[n+]3C)c2s1. The van der Waals surface area contributed by atoms with Crippen molar-refractivity contribution in [1.29, 1.82) is 0 Å². The van der Waals surface area contributed by atoms with Gasteiger partial charge in [-0.3, -0.25) is 0 Å². The molecule has 0 radical (unpaired) electrons. The third-order valence-corrected chi connectivity index (χ3v) is 7.12. The molecule has 4 heteroatoms. The Morgan fingerprint density at radius 1 is 0.839 bits per heavy atom. The smallest absolute Gasteiger partial charge is 0.241 e. The quantitative estimate of drug-likeness (QED) is 0.293. The van der Waals surface area contributed by atoms with Gasteiger partial charge in [-0.25, -0.2) is 9.55 Å². The fourth-order valence-electron chi connectivity index (χ4n) is 4.72. The molecular weight excluding hydrogens is 398 g/mol. The lowest BCUT2D eigenvalue weighted by Crippen LogP contribution is -2.30. The van der Waals surface area contributed by atoms with E-state index >= 15 is 0 Å². The summed E-state index contributed by atoms with van der Waals surface area (Å²) in [6, 6.07) is 28.2.